The summed E-state index contributed by atoms with van der Waals surface area (Å²) in [6, 6.07) is 16.0. The van der Waals surface area contributed by atoms with E-state index in [0.29, 0.717) is 0 Å². The van der Waals surface area contributed by atoms with E-state index in [-0.39, 0.29) is 0 Å². The van der Waals surface area contributed by atoms with E-state index in [1.165, 1.54) is 5.56 Å². The molecule has 0 aliphatic carbocycles. The van der Waals surface area contributed by atoms with E-state index < -0.39 is 0 Å². The molecule has 0 unspecified atom stereocenters. The highest BCUT2D eigenvalue weighted by Gasteiger charge is 2.19. The van der Waals surface area contributed by atoms with Crippen LogP contribution in [0.1, 0.15) is 18.1 Å². The third-order valence-electron chi connectivity index (χ3n) is 4.37. The Hall–Kier alpha value is -1.55. The number of piperazine rings is 1. The molecule has 1 saturated heterocycles. The molecule has 1 fully saturated rings. The third-order valence-corrected chi connectivity index (χ3v) is 4.87. The fourth-order valence-electron chi connectivity index (χ4n) is 2.94. The van der Waals surface area contributed by atoms with E-state index in [1.807, 2.05) is 36.4 Å². The van der Waals surface area contributed by atoms with Crippen molar-refractivity contribution in [3.63, 3.8) is 0 Å². The van der Waals surface area contributed by atoms with Gasteiger partial charge < -0.3 is 4.90 Å². The van der Waals surface area contributed by atoms with Crippen molar-refractivity contribution in [2.45, 2.75) is 13.5 Å². The zero-order valence-electron chi connectivity index (χ0n) is 13.8. The van der Waals surface area contributed by atoms with Gasteiger partial charge in [-0.3, -0.25) is 5.01 Å². The standard InChI is InChI=1S/C19H21Cl2N3/c1-15(17-4-8-19(21)9-5-17)22-24-12-10-23(11-13-24)14-16-2-6-18(20)7-3-16/h2-9H,10-14H2,1H3/p+1/b22-15-. The number of rotatable bonds is 4. The minimum Gasteiger partial charge on any atom is -0.328 e. The second-order valence-electron chi connectivity index (χ2n) is 6.20. The highest BCUT2D eigenvalue weighted by atomic mass is 35.5. The van der Waals surface area contributed by atoms with Crippen molar-refractivity contribution in [3.8, 4) is 0 Å². The van der Waals surface area contributed by atoms with Crippen LogP contribution in [-0.4, -0.2) is 36.9 Å². The van der Waals surface area contributed by atoms with Gasteiger partial charge in [0.1, 0.15) is 6.54 Å². The van der Waals surface area contributed by atoms with Crippen LogP contribution in [0.4, 0.5) is 0 Å². The van der Waals surface area contributed by atoms with Crippen molar-refractivity contribution in [3.05, 3.63) is 69.7 Å². The maximum absolute atomic E-state index is 5.95. The smallest absolute Gasteiger partial charge is 0.103 e. The molecule has 1 N–H and O–H groups in total. The lowest BCUT2D eigenvalue weighted by Crippen LogP contribution is -3.13. The van der Waals surface area contributed by atoms with Gasteiger partial charge in [0, 0.05) is 15.6 Å². The van der Waals surface area contributed by atoms with Crippen molar-refractivity contribution in [1.29, 1.82) is 0 Å². The highest BCUT2D eigenvalue weighted by molar-refractivity contribution is 6.30. The van der Waals surface area contributed by atoms with Crippen LogP contribution in [0.3, 0.4) is 0 Å². The number of hydrazone groups is 1. The second-order valence-corrected chi connectivity index (χ2v) is 7.07. The topological polar surface area (TPSA) is 20.0 Å². The van der Waals surface area contributed by atoms with Gasteiger partial charge in [-0.05, 0) is 36.8 Å². The zero-order chi connectivity index (χ0) is 16.9. The third kappa shape index (κ3) is 4.73. The quantitative estimate of drug-likeness (QED) is 0.828. The molecule has 3 nitrogen and oxygen atoms in total. The minimum absolute atomic E-state index is 0.756. The maximum atomic E-state index is 5.95. The Morgan fingerprint density at radius 2 is 1.50 bits per heavy atom. The SMILES string of the molecule is C/C(=N/N1CC[NH+](Cc2ccc(Cl)cc2)CC1)c1ccc(Cl)cc1. The van der Waals surface area contributed by atoms with Crippen LogP contribution in [-0.2, 0) is 6.54 Å². The first kappa shape index (κ1) is 17.3. The highest BCUT2D eigenvalue weighted by Crippen LogP contribution is 2.11. The molecule has 126 valence electrons. The van der Waals surface area contributed by atoms with Gasteiger partial charge in [-0.15, -0.1) is 0 Å². The molecule has 24 heavy (non-hydrogen) atoms. The molecule has 1 aliphatic rings. The minimum atomic E-state index is 0.756. The fourth-order valence-corrected chi connectivity index (χ4v) is 3.19. The van der Waals surface area contributed by atoms with Gasteiger partial charge in [-0.1, -0.05) is 47.5 Å². The number of benzene rings is 2. The van der Waals surface area contributed by atoms with Crippen molar-refractivity contribution < 1.29 is 4.90 Å². The van der Waals surface area contributed by atoms with Crippen LogP contribution in [0.2, 0.25) is 10.0 Å². The lowest BCUT2D eigenvalue weighted by molar-refractivity contribution is -0.918. The first-order valence-electron chi connectivity index (χ1n) is 8.24. The number of nitrogens with zero attached hydrogens (tertiary/aromatic N) is 2. The molecule has 0 saturated carbocycles. The molecule has 0 bridgehead atoms. The Morgan fingerprint density at radius 3 is 2.08 bits per heavy atom. The van der Waals surface area contributed by atoms with Gasteiger partial charge in [0.15, 0.2) is 0 Å². The van der Waals surface area contributed by atoms with Gasteiger partial charge >= 0.3 is 0 Å². The number of hydrogen-bond donors (Lipinski definition) is 1. The molecule has 1 aliphatic heterocycles. The van der Waals surface area contributed by atoms with Gasteiger partial charge in [-0.25, -0.2) is 0 Å². The van der Waals surface area contributed by atoms with E-state index in [0.717, 1.165) is 54.0 Å². The number of nitrogens with one attached hydrogen (secondary N) is 1. The zero-order valence-corrected chi connectivity index (χ0v) is 15.3. The van der Waals surface area contributed by atoms with Gasteiger partial charge in [0.05, 0.1) is 31.9 Å². The predicted octanol–water partition coefficient (Wildman–Crippen LogP) is 3.12. The molecule has 2 aromatic rings. The Bertz CT molecular complexity index is 688. The molecular formula is C19H22Cl2N3+. The summed E-state index contributed by atoms with van der Waals surface area (Å²) in [6.07, 6.45) is 0. The molecular weight excluding hydrogens is 341 g/mol. The van der Waals surface area contributed by atoms with E-state index >= 15 is 0 Å². The van der Waals surface area contributed by atoms with Crippen LogP contribution in [0.25, 0.3) is 0 Å². The summed E-state index contributed by atoms with van der Waals surface area (Å²) in [5.74, 6) is 0. The summed E-state index contributed by atoms with van der Waals surface area (Å²) >= 11 is 11.9. The van der Waals surface area contributed by atoms with Gasteiger partial charge in [-0.2, -0.15) is 5.10 Å². The summed E-state index contributed by atoms with van der Waals surface area (Å²) in [4.78, 5) is 1.59. The van der Waals surface area contributed by atoms with E-state index in [1.54, 1.807) is 4.90 Å². The van der Waals surface area contributed by atoms with Crippen molar-refractivity contribution in [1.82, 2.24) is 5.01 Å². The molecule has 2 aromatic carbocycles. The van der Waals surface area contributed by atoms with Crippen molar-refractivity contribution >= 4 is 28.9 Å². The largest absolute Gasteiger partial charge is 0.328 e. The fraction of sp³-hybridized carbons (Fsp3) is 0.316. The second kappa shape index (κ2) is 8.02. The monoisotopic (exact) mass is 362 g/mol. The molecule has 0 amide bonds. The van der Waals surface area contributed by atoms with Gasteiger partial charge in [0.25, 0.3) is 0 Å². The Labute approximate surface area is 153 Å². The van der Waals surface area contributed by atoms with Crippen LogP contribution in [0.15, 0.2) is 53.6 Å². The normalized spacial score (nSPS) is 16.5. The first-order valence-corrected chi connectivity index (χ1v) is 9.00. The first-order chi connectivity index (χ1) is 11.6. The molecule has 5 heteroatoms. The van der Waals surface area contributed by atoms with Crippen LogP contribution in [0, 0.1) is 0 Å². The summed E-state index contributed by atoms with van der Waals surface area (Å²) in [6.45, 7) is 7.25. The Balaban J connectivity index is 1.53. The number of quaternary nitrogens is 1. The van der Waals surface area contributed by atoms with Crippen LogP contribution >= 0.6 is 23.2 Å². The Kier molecular flexibility index (Phi) is 5.77. The molecule has 0 spiro atoms. The molecule has 1 heterocycles. The van der Waals surface area contributed by atoms with Crippen molar-refractivity contribution in [2.75, 3.05) is 26.2 Å². The number of hydrogen-bond acceptors (Lipinski definition) is 2. The van der Waals surface area contributed by atoms with E-state index in [4.69, 9.17) is 28.3 Å². The van der Waals surface area contributed by atoms with Crippen LogP contribution in [0.5, 0.6) is 0 Å². The summed E-state index contributed by atoms with van der Waals surface area (Å²) < 4.78 is 0. The lowest BCUT2D eigenvalue weighted by atomic mass is 10.1. The maximum Gasteiger partial charge on any atom is 0.103 e. The summed E-state index contributed by atoms with van der Waals surface area (Å²) in [5, 5.41) is 8.49. The Morgan fingerprint density at radius 1 is 0.958 bits per heavy atom. The molecule has 0 atom stereocenters. The van der Waals surface area contributed by atoms with Crippen molar-refractivity contribution in [2.24, 2.45) is 5.10 Å². The summed E-state index contributed by atoms with van der Waals surface area (Å²) in [7, 11) is 0. The lowest BCUT2D eigenvalue weighted by Gasteiger charge is -2.31. The van der Waals surface area contributed by atoms with Gasteiger partial charge in [0.2, 0.25) is 0 Å². The predicted molar refractivity (Wildman–Crippen MR) is 101 cm³/mol. The average Bonchev–Trinajstić information content (AvgIpc) is 2.59. The molecule has 0 radical (unpaired) electrons. The molecule has 0 aromatic heterocycles. The van der Waals surface area contributed by atoms with Crippen LogP contribution < -0.4 is 4.90 Å². The van der Waals surface area contributed by atoms with E-state index in [9.17, 15) is 0 Å². The van der Waals surface area contributed by atoms with E-state index in [2.05, 4.69) is 24.1 Å². The average molecular weight is 363 g/mol. The molecule has 3 rings (SSSR count). The summed E-state index contributed by atoms with van der Waals surface area (Å²) in [5.41, 5.74) is 3.49. The number of halogens is 2.